The molecule has 0 spiro atoms. The van der Waals surface area contributed by atoms with Crippen molar-refractivity contribution in [1.82, 2.24) is 10.2 Å². The number of aryl methyl sites for hydroxylation is 1. The molecule has 1 N–H and O–H groups in total. The number of halogens is 2. The lowest BCUT2D eigenvalue weighted by molar-refractivity contribution is 0.0787. The molecule has 0 radical (unpaired) electrons. The molecule has 1 heterocycles. The molecule has 1 aromatic carbocycles. The van der Waals surface area contributed by atoms with Crippen LogP contribution in [0.2, 0.25) is 0 Å². The van der Waals surface area contributed by atoms with E-state index in [0.29, 0.717) is 5.92 Å². The van der Waals surface area contributed by atoms with Gasteiger partial charge in [-0.15, -0.1) is 12.4 Å². The normalized spacial score (nSPS) is 18.3. The molecule has 1 atom stereocenters. The van der Waals surface area contributed by atoms with E-state index in [4.69, 9.17) is 0 Å². The van der Waals surface area contributed by atoms with Gasteiger partial charge in [-0.2, -0.15) is 0 Å². The second-order valence-electron chi connectivity index (χ2n) is 4.93. The number of carbonyl (C=O) groups is 1. The molecule has 1 amide bonds. The van der Waals surface area contributed by atoms with E-state index in [1.807, 2.05) is 30.1 Å². The number of nitrogens with zero attached hydrogens (tertiary/aromatic N) is 1. The fourth-order valence-electron chi connectivity index (χ4n) is 2.38. The number of hydrogen-bond donors (Lipinski definition) is 1. The second-order valence-corrected chi connectivity index (χ2v) is 6.09. The number of rotatable bonds is 3. The van der Waals surface area contributed by atoms with E-state index in [9.17, 15) is 4.79 Å². The van der Waals surface area contributed by atoms with Crippen molar-refractivity contribution in [2.24, 2.45) is 5.92 Å². The summed E-state index contributed by atoms with van der Waals surface area (Å²) in [5, 5.41) is 3.19. The summed E-state index contributed by atoms with van der Waals surface area (Å²) in [7, 11) is 1.97. The maximum atomic E-state index is 12.4. The van der Waals surface area contributed by atoms with Crippen LogP contribution in [0.3, 0.4) is 0 Å². The molecule has 0 aromatic heterocycles. The Kier molecular flexibility index (Phi) is 6.56. The highest BCUT2D eigenvalue weighted by Gasteiger charge is 2.26. The van der Waals surface area contributed by atoms with Crippen LogP contribution >= 0.6 is 35.0 Å². The molecule has 0 saturated carbocycles. The summed E-state index contributed by atoms with van der Waals surface area (Å²) in [6, 6.07) is 5.95. The van der Waals surface area contributed by atoms with E-state index in [1.54, 1.807) is 0 Å². The lowest BCUT2D eigenvalue weighted by Gasteiger charge is -2.17. The molecular formula is C14H20ClIN2O. The van der Waals surface area contributed by atoms with E-state index in [-0.39, 0.29) is 18.3 Å². The van der Waals surface area contributed by atoms with E-state index in [0.717, 1.165) is 35.2 Å². The fraction of sp³-hybridized carbons (Fsp3) is 0.500. The van der Waals surface area contributed by atoms with Crippen LogP contribution in [0.1, 0.15) is 22.3 Å². The van der Waals surface area contributed by atoms with E-state index >= 15 is 0 Å². The number of benzene rings is 1. The van der Waals surface area contributed by atoms with E-state index in [1.165, 1.54) is 5.56 Å². The van der Waals surface area contributed by atoms with Crippen molar-refractivity contribution in [2.45, 2.75) is 13.3 Å². The van der Waals surface area contributed by atoms with Crippen molar-refractivity contribution in [2.75, 3.05) is 26.7 Å². The van der Waals surface area contributed by atoms with Crippen LogP contribution in [0.4, 0.5) is 0 Å². The van der Waals surface area contributed by atoms with Gasteiger partial charge in [0.15, 0.2) is 0 Å². The van der Waals surface area contributed by atoms with Gasteiger partial charge in [0, 0.05) is 22.2 Å². The molecule has 0 aliphatic carbocycles. The second kappa shape index (κ2) is 7.45. The number of carbonyl (C=O) groups excluding carboxylic acids is 1. The third kappa shape index (κ3) is 4.07. The molecule has 3 nitrogen and oxygen atoms in total. The first-order chi connectivity index (χ1) is 8.61. The highest BCUT2D eigenvalue weighted by molar-refractivity contribution is 14.1. The predicted octanol–water partition coefficient (Wildman–Crippen LogP) is 2.70. The van der Waals surface area contributed by atoms with E-state index < -0.39 is 0 Å². The Balaban J connectivity index is 0.00000180. The van der Waals surface area contributed by atoms with Gasteiger partial charge in [-0.25, -0.2) is 0 Å². The van der Waals surface area contributed by atoms with Crippen molar-refractivity contribution < 1.29 is 4.79 Å². The van der Waals surface area contributed by atoms with E-state index in [2.05, 4.69) is 34.8 Å². The molecule has 1 aliphatic rings. The highest BCUT2D eigenvalue weighted by atomic mass is 127. The molecular weight excluding hydrogens is 375 g/mol. The molecule has 19 heavy (non-hydrogen) atoms. The summed E-state index contributed by atoms with van der Waals surface area (Å²) in [5.74, 6) is 0.773. The zero-order chi connectivity index (χ0) is 13.1. The maximum absolute atomic E-state index is 12.4. The average Bonchev–Trinajstić information content (AvgIpc) is 2.81. The smallest absolute Gasteiger partial charge is 0.253 e. The molecule has 1 fully saturated rings. The van der Waals surface area contributed by atoms with Crippen molar-refractivity contribution in [3.05, 3.63) is 32.9 Å². The third-order valence-corrected chi connectivity index (χ3v) is 4.65. The van der Waals surface area contributed by atoms with Gasteiger partial charge < -0.3 is 10.2 Å². The summed E-state index contributed by atoms with van der Waals surface area (Å²) >= 11 is 2.28. The molecule has 106 valence electrons. The predicted molar refractivity (Wildman–Crippen MR) is 89.1 cm³/mol. The number of likely N-dealkylation sites (tertiary alicyclic amines) is 1. The number of hydrogen-bond acceptors (Lipinski definition) is 2. The Bertz CT molecular complexity index is 453. The minimum absolute atomic E-state index is 0. The topological polar surface area (TPSA) is 32.3 Å². The maximum Gasteiger partial charge on any atom is 0.253 e. The summed E-state index contributed by atoms with van der Waals surface area (Å²) < 4.78 is 1.16. The fourth-order valence-corrected chi connectivity index (χ4v) is 2.90. The highest BCUT2D eigenvalue weighted by Crippen LogP contribution is 2.20. The van der Waals surface area contributed by atoms with Crippen LogP contribution in [-0.2, 0) is 0 Å². The van der Waals surface area contributed by atoms with Crippen molar-refractivity contribution in [1.29, 1.82) is 0 Å². The number of nitrogens with one attached hydrogen (secondary N) is 1. The number of amides is 1. The van der Waals surface area contributed by atoms with Crippen LogP contribution in [0.25, 0.3) is 0 Å². The molecule has 1 unspecified atom stereocenters. The molecule has 0 bridgehead atoms. The van der Waals surface area contributed by atoms with Crippen molar-refractivity contribution in [3.8, 4) is 0 Å². The van der Waals surface area contributed by atoms with Gasteiger partial charge in [0.05, 0.1) is 0 Å². The average molecular weight is 395 g/mol. The quantitative estimate of drug-likeness (QED) is 0.800. The van der Waals surface area contributed by atoms with Crippen LogP contribution in [0.5, 0.6) is 0 Å². The molecule has 1 aliphatic heterocycles. The minimum atomic E-state index is 0. The van der Waals surface area contributed by atoms with Gasteiger partial charge in [-0.1, -0.05) is 6.07 Å². The molecule has 1 saturated heterocycles. The van der Waals surface area contributed by atoms with Gasteiger partial charge in [0.25, 0.3) is 5.91 Å². The molecule has 5 heteroatoms. The summed E-state index contributed by atoms with van der Waals surface area (Å²) in [5.41, 5.74) is 2.04. The Morgan fingerprint density at radius 2 is 2.26 bits per heavy atom. The summed E-state index contributed by atoms with van der Waals surface area (Å²) in [6.07, 6.45) is 1.11. The molecule has 1 aromatic rings. The lowest BCUT2D eigenvalue weighted by atomic mass is 10.1. The zero-order valence-electron chi connectivity index (χ0n) is 11.3. The van der Waals surface area contributed by atoms with Crippen molar-refractivity contribution in [3.63, 3.8) is 0 Å². The zero-order valence-corrected chi connectivity index (χ0v) is 14.3. The standard InChI is InChI=1S/C14H19IN2O.ClH/c1-10-3-4-12(7-13(10)15)14(18)17-6-5-11(9-17)8-16-2;/h3-4,7,11,16H,5-6,8-9H2,1-2H3;1H. The summed E-state index contributed by atoms with van der Waals surface area (Å²) in [6.45, 7) is 4.82. The minimum Gasteiger partial charge on any atom is -0.338 e. The van der Waals surface area contributed by atoms with Crippen LogP contribution in [-0.4, -0.2) is 37.5 Å². The Labute approximate surface area is 134 Å². The molecule has 2 rings (SSSR count). The van der Waals surface area contributed by atoms with Crippen molar-refractivity contribution >= 4 is 40.9 Å². The van der Waals surface area contributed by atoms with Crippen LogP contribution < -0.4 is 5.32 Å². The SMILES string of the molecule is CNCC1CCN(C(=O)c2ccc(C)c(I)c2)C1.Cl. The van der Waals surface area contributed by atoms with Gasteiger partial charge in [0.2, 0.25) is 0 Å². The van der Waals surface area contributed by atoms with Crippen LogP contribution in [0, 0.1) is 16.4 Å². The Morgan fingerprint density at radius 1 is 1.53 bits per heavy atom. The first kappa shape index (κ1) is 16.7. The lowest BCUT2D eigenvalue weighted by Crippen LogP contribution is -2.30. The van der Waals surface area contributed by atoms with Crippen LogP contribution in [0.15, 0.2) is 18.2 Å². The van der Waals surface area contributed by atoms with Gasteiger partial charge in [-0.05, 0) is 73.1 Å². The third-order valence-electron chi connectivity index (χ3n) is 3.48. The first-order valence-electron chi connectivity index (χ1n) is 6.32. The van der Waals surface area contributed by atoms with Gasteiger partial charge in [0.1, 0.15) is 0 Å². The Morgan fingerprint density at radius 3 is 2.89 bits per heavy atom. The summed E-state index contributed by atoms with van der Waals surface area (Å²) in [4.78, 5) is 14.3. The monoisotopic (exact) mass is 394 g/mol. The van der Waals surface area contributed by atoms with Gasteiger partial charge >= 0.3 is 0 Å². The first-order valence-corrected chi connectivity index (χ1v) is 7.39. The largest absolute Gasteiger partial charge is 0.338 e. The Hall–Kier alpha value is -0.330. The van der Waals surface area contributed by atoms with Gasteiger partial charge in [-0.3, -0.25) is 4.79 Å².